The molecule has 0 spiro atoms. The third kappa shape index (κ3) is 5.07. The number of thiophene rings is 1. The van der Waals surface area contributed by atoms with Gasteiger partial charge in [0.1, 0.15) is 9.96 Å². The van der Waals surface area contributed by atoms with Crippen molar-refractivity contribution in [3.63, 3.8) is 0 Å². The van der Waals surface area contributed by atoms with E-state index in [-0.39, 0.29) is 0 Å². The molecule has 0 amide bonds. The largest absolute Gasteiger partial charge is 0.495 e. The summed E-state index contributed by atoms with van der Waals surface area (Å²) in [5.41, 5.74) is 1.19. The third-order valence-electron chi connectivity index (χ3n) is 7.57. The van der Waals surface area contributed by atoms with E-state index in [9.17, 15) is 8.42 Å². The minimum absolute atomic E-state index is 0.317. The summed E-state index contributed by atoms with van der Waals surface area (Å²) >= 11 is 1.27. The van der Waals surface area contributed by atoms with Gasteiger partial charge in [0.25, 0.3) is 0 Å². The molecule has 1 N–H and O–H groups in total. The van der Waals surface area contributed by atoms with Crippen LogP contribution in [-0.4, -0.2) is 83.7 Å². The number of fused-ring (bicyclic) bond motifs is 3. The van der Waals surface area contributed by atoms with Gasteiger partial charge in [-0.2, -0.15) is 0 Å². The summed E-state index contributed by atoms with van der Waals surface area (Å²) in [7, 11) is -1.64. The van der Waals surface area contributed by atoms with Gasteiger partial charge in [0.05, 0.1) is 12.8 Å². The molecule has 0 saturated carbocycles. The Labute approximate surface area is 201 Å². The van der Waals surface area contributed by atoms with Crippen molar-refractivity contribution >= 4 is 27.0 Å². The third-order valence-corrected chi connectivity index (χ3v) is 10.4. The Morgan fingerprint density at radius 1 is 1.09 bits per heavy atom. The second-order valence-corrected chi connectivity index (χ2v) is 12.4. The van der Waals surface area contributed by atoms with E-state index in [1.165, 1.54) is 23.4 Å². The number of para-hydroxylation sites is 2. The maximum atomic E-state index is 12.5. The van der Waals surface area contributed by atoms with Crippen molar-refractivity contribution in [3.05, 3.63) is 41.8 Å². The molecule has 1 aromatic heterocycles. The fraction of sp³-hybridized carbons (Fsp3) is 0.583. The zero-order valence-electron chi connectivity index (χ0n) is 19.2. The average Bonchev–Trinajstić information content (AvgIpc) is 3.40. The van der Waals surface area contributed by atoms with Crippen molar-refractivity contribution in [1.29, 1.82) is 0 Å². The van der Waals surface area contributed by atoms with E-state index < -0.39 is 10.0 Å². The monoisotopic (exact) mass is 490 g/mol. The van der Waals surface area contributed by atoms with E-state index in [1.54, 1.807) is 24.6 Å². The number of rotatable bonds is 8. The lowest BCUT2D eigenvalue weighted by atomic mass is 9.75. The molecule has 2 bridgehead atoms. The Kier molecular flexibility index (Phi) is 6.94. The number of methoxy groups -OCH3 is 1. The van der Waals surface area contributed by atoms with Gasteiger partial charge in [0.15, 0.2) is 0 Å². The average molecular weight is 491 g/mol. The standard InChI is InChI=1S/C24H34N4O3S2/c1-31-23-6-3-2-5-22(23)27-12-10-26(11-13-27)17-20-18-28-9-8-19(20)15-21(28)16-25-33(29,30)24-7-4-14-32-24/h2-7,14,19-21,25H,8-13,15-18H2,1H3/t19-,20+,21+/m0/s1. The topological polar surface area (TPSA) is 65.1 Å². The van der Waals surface area contributed by atoms with Crippen molar-refractivity contribution in [2.75, 3.05) is 64.4 Å². The molecule has 4 aliphatic rings. The van der Waals surface area contributed by atoms with Crippen molar-refractivity contribution in [1.82, 2.24) is 14.5 Å². The van der Waals surface area contributed by atoms with E-state index in [2.05, 4.69) is 31.6 Å². The number of sulfonamides is 1. The molecule has 1 aromatic carbocycles. The molecule has 9 heteroatoms. The van der Waals surface area contributed by atoms with Crippen LogP contribution in [0.1, 0.15) is 12.8 Å². The lowest BCUT2D eigenvalue weighted by Crippen LogP contribution is -2.59. The maximum absolute atomic E-state index is 12.5. The first-order chi connectivity index (χ1) is 16.0. The number of ether oxygens (including phenoxy) is 1. The van der Waals surface area contributed by atoms with E-state index in [0.717, 1.165) is 58.0 Å². The smallest absolute Gasteiger partial charge is 0.250 e. The highest BCUT2D eigenvalue weighted by atomic mass is 32.2. The maximum Gasteiger partial charge on any atom is 0.250 e. The highest BCUT2D eigenvalue weighted by molar-refractivity contribution is 7.91. The molecule has 4 atom stereocenters. The first-order valence-corrected chi connectivity index (χ1v) is 14.3. The van der Waals surface area contributed by atoms with Crippen molar-refractivity contribution in [2.45, 2.75) is 23.1 Å². The summed E-state index contributed by atoms with van der Waals surface area (Å²) in [6.45, 7) is 8.03. The second-order valence-electron chi connectivity index (χ2n) is 9.44. The SMILES string of the molecule is COc1ccccc1N1CCN(C[C@@H]2CN3CC[C@H]2C[C@@H]3CNS(=O)(=O)c2cccs2)CC1. The quantitative estimate of drug-likeness (QED) is 0.614. The van der Waals surface area contributed by atoms with E-state index in [4.69, 9.17) is 4.74 Å². The summed E-state index contributed by atoms with van der Waals surface area (Å²) in [4.78, 5) is 7.57. The van der Waals surface area contributed by atoms with Crippen LogP contribution >= 0.6 is 11.3 Å². The molecule has 7 nitrogen and oxygen atoms in total. The van der Waals surface area contributed by atoms with Gasteiger partial charge >= 0.3 is 0 Å². The first kappa shape index (κ1) is 23.1. The summed E-state index contributed by atoms with van der Waals surface area (Å²) in [5, 5.41) is 1.81. The summed E-state index contributed by atoms with van der Waals surface area (Å²) in [5.74, 6) is 2.32. The van der Waals surface area contributed by atoms with Crippen LogP contribution in [0.3, 0.4) is 0 Å². The molecule has 6 rings (SSSR count). The minimum Gasteiger partial charge on any atom is -0.495 e. The zero-order chi connectivity index (χ0) is 22.8. The molecular formula is C24H34N4O3S2. The van der Waals surface area contributed by atoms with Crippen LogP contribution in [0.4, 0.5) is 5.69 Å². The Morgan fingerprint density at radius 2 is 1.91 bits per heavy atom. The van der Waals surface area contributed by atoms with Crippen molar-refractivity contribution in [2.24, 2.45) is 11.8 Å². The van der Waals surface area contributed by atoms with Gasteiger partial charge in [-0.25, -0.2) is 13.1 Å². The lowest BCUT2D eigenvalue weighted by Gasteiger charge is -2.51. The van der Waals surface area contributed by atoms with Crippen LogP contribution in [0.5, 0.6) is 5.75 Å². The molecule has 4 aliphatic heterocycles. The fourth-order valence-corrected chi connectivity index (χ4v) is 7.87. The molecule has 5 heterocycles. The lowest BCUT2D eigenvalue weighted by molar-refractivity contribution is -0.0107. The molecule has 2 aromatic rings. The van der Waals surface area contributed by atoms with Gasteiger partial charge in [-0.1, -0.05) is 18.2 Å². The summed E-state index contributed by atoms with van der Waals surface area (Å²) < 4.78 is 33.8. The predicted octanol–water partition coefficient (Wildman–Crippen LogP) is 2.57. The Balaban J connectivity index is 1.11. The zero-order valence-corrected chi connectivity index (χ0v) is 20.9. The van der Waals surface area contributed by atoms with Gasteiger partial charge in [0, 0.05) is 51.9 Å². The van der Waals surface area contributed by atoms with Crippen LogP contribution < -0.4 is 14.4 Å². The highest BCUT2D eigenvalue weighted by Gasteiger charge is 2.41. The molecule has 1 unspecified atom stereocenters. The normalized spacial score (nSPS) is 28.2. The van der Waals surface area contributed by atoms with Gasteiger partial charge in [-0.05, 0) is 54.8 Å². The predicted molar refractivity (Wildman–Crippen MR) is 133 cm³/mol. The molecule has 0 radical (unpaired) electrons. The number of nitrogens with zero attached hydrogens (tertiary/aromatic N) is 3. The number of piperidine rings is 3. The minimum atomic E-state index is -3.38. The number of hydrogen-bond acceptors (Lipinski definition) is 7. The number of hydrogen-bond donors (Lipinski definition) is 1. The molecule has 33 heavy (non-hydrogen) atoms. The second kappa shape index (κ2) is 9.92. The van der Waals surface area contributed by atoms with Gasteiger partial charge in [-0.3, -0.25) is 9.80 Å². The molecular weight excluding hydrogens is 456 g/mol. The van der Waals surface area contributed by atoms with Crippen LogP contribution in [0, 0.1) is 11.8 Å². The highest BCUT2D eigenvalue weighted by Crippen LogP contribution is 2.37. The van der Waals surface area contributed by atoms with E-state index in [0.29, 0.717) is 28.6 Å². The summed E-state index contributed by atoms with van der Waals surface area (Å²) in [6, 6.07) is 12.1. The molecule has 4 saturated heterocycles. The van der Waals surface area contributed by atoms with Crippen LogP contribution in [0.15, 0.2) is 46.0 Å². The Morgan fingerprint density at radius 3 is 2.61 bits per heavy atom. The fourth-order valence-electron chi connectivity index (χ4n) is 5.76. The number of benzene rings is 1. The first-order valence-electron chi connectivity index (χ1n) is 11.9. The van der Waals surface area contributed by atoms with E-state index in [1.807, 2.05) is 12.1 Å². The molecule has 4 fully saturated rings. The molecule has 180 valence electrons. The van der Waals surface area contributed by atoms with Crippen molar-refractivity contribution in [3.8, 4) is 5.75 Å². The number of nitrogens with one attached hydrogen (secondary N) is 1. The number of piperazine rings is 1. The number of anilines is 1. The molecule has 0 aliphatic carbocycles. The summed E-state index contributed by atoms with van der Waals surface area (Å²) in [6.07, 6.45) is 2.33. The van der Waals surface area contributed by atoms with Gasteiger partial charge in [-0.15, -0.1) is 11.3 Å². The van der Waals surface area contributed by atoms with Gasteiger partial charge < -0.3 is 9.64 Å². The van der Waals surface area contributed by atoms with Crippen LogP contribution in [0.25, 0.3) is 0 Å². The van der Waals surface area contributed by atoms with E-state index >= 15 is 0 Å². The van der Waals surface area contributed by atoms with Crippen LogP contribution in [0.2, 0.25) is 0 Å². The van der Waals surface area contributed by atoms with Crippen molar-refractivity contribution < 1.29 is 13.2 Å². The van der Waals surface area contributed by atoms with Crippen LogP contribution in [-0.2, 0) is 10.0 Å². The Bertz CT molecular complexity index is 1020. The van der Waals surface area contributed by atoms with Gasteiger partial charge in [0.2, 0.25) is 10.0 Å². The Hall–Kier alpha value is -1.65.